The van der Waals surface area contributed by atoms with Gasteiger partial charge in [0.15, 0.2) is 9.84 Å². The molecule has 1 aromatic carbocycles. The molecule has 0 bridgehead atoms. The second-order valence-corrected chi connectivity index (χ2v) is 8.66. The molecule has 1 rings (SSSR count). The van der Waals surface area contributed by atoms with Crippen LogP contribution >= 0.6 is 15.9 Å². The molecule has 0 spiro atoms. The molecule has 0 N–H and O–H groups in total. The number of aryl methyl sites for hydroxylation is 1. The number of hydrogen-bond donors (Lipinski definition) is 0. The minimum atomic E-state index is -2.96. The first-order chi connectivity index (χ1) is 10.0. The lowest BCUT2D eigenvalue weighted by Gasteiger charge is -2.07. The van der Waals surface area contributed by atoms with Gasteiger partial charge in [0.05, 0.1) is 11.5 Å². The number of halogens is 1. The van der Waals surface area contributed by atoms with E-state index in [1.807, 2.05) is 31.2 Å². The van der Waals surface area contributed by atoms with Crippen molar-refractivity contribution >= 4 is 25.8 Å². The summed E-state index contributed by atoms with van der Waals surface area (Å²) >= 11 is 3.43. The van der Waals surface area contributed by atoms with Gasteiger partial charge in [-0.25, -0.2) is 8.42 Å². The smallest absolute Gasteiger partial charge is 0.154 e. The Balaban J connectivity index is 2.20. The lowest BCUT2D eigenvalue weighted by Crippen LogP contribution is -2.10. The van der Waals surface area contributed by atoms with Crippen LogP contribution in [0.3, 0.4) is 0 Å². The van der Waals surface area contributed by atoms with Gasteiger partial charge in [-0.3, -0.25) is 0 Å². The third-order valence-corrected chi connectivity index (χ3v) is 5.95. The topological polar surface area (TPSA) is 34.1 Å². The number of sulfone groups is 1. The molecule has 0 heterocycles. The van der Waals surface area contributed by atoms with Crippen LogP contribution in [-0.2, 0) is 15.6 Å². The molecule has 2 nitrogen and oxygen atoms in total. The second-order valence-electron chi connectivity index (χ2n) is 5.68. The molecule has 0 saturated heterocycles. The summed E-state index contributed by atoms with van der Waals surface area (Å²) in [6.45, 7) is 1.97. The van der Waals surface area contributed by atoms with Crippen LogP contribution in [0.15, 0.2) is 24.3 Å². The first-order valence-corrected chi connectivity index (χ1v) is 10.8. The number of hydrogen-bond acceptors (Lipinski definition) is 2. The lowest BCUT2D eigenvalue weighted by molar-refractivity contribution is 0.579. The molecule has 21 heavy (non-hydrogen) atoms. The minimum absolute atomic E-state index is 0.185. The highest BCUT2D eigenvalue weighted by Crippen LogP contribution is 2.14. The zero-order valence-corrected chi connectivity index (χ0v) is 15.4. The fraction of sp³-hybridized carbons (Fsp3) is 0.647. The van der Waals surface area contributed by atoms with E-state index in [1.54, 1.807) is 0 Å². The molecule has 0 aromatic heterocycles. The Hall–Kier alpha value is -0.350. The van der Waals surface area contributed by atoms with Crippen LogP contribution in [0.2, 0.25) is 0 Å². The van der Waals surface area contributed by atoms with E-state index in [2.05, 4.69) is 15.9 Å². The molecule has 0 unspecified atom stereocenters. The van der Waals surface area contributed by atoms with Gasteiger partial charge in [0.2, 0.25) is 0 Å². The van der Waals surface area contributed by atoms with Gasteiger partial charge in [0, 0.05) is 5.33 Å². The summed E-state index contributed by atoms with van der Waals surface area (Å²) in [6.07, 6.45) is 7.99. The third kappa shape index (κ3) is 8.62. The van der Waals surface area contributed by atoms with Crippen LogP contribution in [0.1, 0.15) is 56.1 Å². The minimum Gasteiger partial charge on any atom is -0.228 e. The summed E-state index contributed by atoms with van der Waals surface area (Å²) in [5, 5.41) is 1.09. The standard InChI is InChI=1S/C17H27BrO2S/c1-16-11-7-8-12-17(16)15-21(19,20)14-10-6-4-2-3-5-9-13-18/h7-8,11-12H,2-6,9-10,13-15H2,1H3. The van der Waals surface area contributed by atoms with Crippen molar-refractivity contribution in [1.29, 1.82) is 0 Å². The van der Waals surface area contributed by atoms with E-state index in [1.165, 1.54) is 25.7 Å². The van der Waals surface area contributed by atoms with Crippen LogP contribution in [0.4, 0.5) is 0 Å². The molecule has 0 aliphatic rings. The number of alkyl halides is 1. The van der Waals surface area contributed by atoms with E-state index >= 15 is 0 Å². The quantitative estimate of drug-likeness (QED) is 0.401. The maximum atomic E-state index is 12.1. The molecule has 4 heteroatoms. The lowest BCUT2D eigenvalue weighted by atomic mass is 10.1. The summed E-state index contributed by atoms with van der Waals surface area (Å²) in [6, 6.07) is 7.74. The Morgan fingerprint density at radius 2 is 1.48 bits per heavy atom. The molecule has 0 atom stereocenters. The Morgan fingerprint density at radius 1 is 0.905 bits per heavy atom. The summed E-state index contributed by atoms with van der Waals surface area (Å²) in [4.78, 5) is 0. The fourth-order valence-electron chi connectivity index (χ4n) is 2.38. The van der Waals surface area contributed by atoms with Gasteiger partial charge in [-0.2, -0.15) is 0 Å². The maximum Gasteiger partial charge on any atom is 0.154 e. The van der Waals surface area contributed by atoms with Crippen molar-refractivity contribution in [2.45, 2.75) is 57.6 Å². The average molecular weight is 375 g/mol. The monoisotopic (exact) mass is 374 g/mol. The van der Waals surface area contributed by atoms with Gasteiger partial charge < -0.3 is 0 Å². The summed E-state index contributed by atoms with van der Waals surface area (Å²) in [5.41, 5.74) is 2.00. The second kappa shape index (κ2) is 10.4. The number of benzene rings is 1. The largest absolute Gasteiger partial charge is 0.228 e. The van der Waals surface area contributed by atoms with Crippen molar-refractivity contribution in [1.82, 2.24) is 0 Å². The highest BCUT2D eigenvalue weighted by molar-refractivity contribution is 9.09. The Kier molecular flexibility index (Phi) is 9.25. The molecule has 0 radical (unpaired) electrons. The van der Waals surface area contributed by atoms with Crippen molar-refractivity contribution in [3.8, 4) is 0 Å². The average Bonchev–Trinajstić information content (AvgIpc) is 2.44. The van der Waals surface area contributed by atoms with E-state index < -0.39 is 9.84 Å². The van der Waals surface area contributed by atoms with Gasteiger partial charge in [-0.05, 0) is 30.9 Å². The molecular weight excluding hydrogens is 348 g/mol. The number of unbranched alkanes of at least 4 members (excludes halogenated alkanes) is 6. The normalized spacial score (nSPS) is 11.7. The highest BCUT2D eigenvalue weighted by atomic mass is 79.9. The first kappa shape index (κ1) is 18.7. The molecular formula is C17H27BrO2S. The van der Waals surface area contributed by atoms with Crippen LogP contribution in [-0.4, -0.2) is 19.5 Å². The van der Waals surface area contributed by atoms with E-state index in [0.29, 0.717) is 5.75 Å². The zero-order chi connectivity index (χ0) is 15.6. The van der Waals surface area contributed by atoms with Gasteiger partial charge in [0.25, 0.3) is 0 Å². The number of rotatable bonds is 11. The van der Waals surface area contributed by atoms with Crippen LogP contribution < -0.4 is 0 Å². The Morgan fingerprint density at radius 3 is 2.10 bits per heavy atom. The summed E-state index contributed by atoms with van der Waals surface area (Å²) < 4.78 is 24.2. The SMILES string of the molecule is Cc1ccccc1CS(=O)(=O)CCCCCCCCCBr. The molecule has 0 amide bonds. The predicted octanol–water partition coefficient (Wildman–Crippen LogP) is 5.04. The maximum absolute atomic E-state index is 12.1. The summed E-state index contributed by atoms with van der Waals surface area (Å²) in [7, 11) is -2.96. The van der Waals surface area contributed by atoms with E-state index in [9.17, 15) is 8.42 Å². The first-order valence-electron chi connectivity index (χ1n) is 7.86. The van der Waals surface area contributed by atoms with E-state index in [4.69, 9.17) is 0 Å². The van der Waals surface area contributed by atoms with E-state index in [-0.39, 0.29) is 5.75 Å². The van der Waals surface area contributed by atoms with E-state index in [0.717, 1.165) is 35.7 Å². The highest BCUT2D eigenvalue weighted by Gasteiger charge is 2.12. The third-order valence-electron chi connectivity index (χ3n) is 3.73. The zero-order valence-electron chi connectivity index (χ0n) is 13.0. The van der Waals surface area contributed by atoms with Crippen molar-refractivity contribution in [3.63, 3.8) is 0 Å². The van der Waals surface area contributed by atoms with Crippen molar-refractivity contribution in [3.05, 3.63) is 35.4 Å². The summed E-state index contributed by atoms with van der Waals surface area (Å²) in [5.74, 6) is 0.508. The van der Waals surface area contributed by atoms with Crippen LogP contribution in [0.25, 0.3) is 0 Å². The molecule has 0 fully saturated rings. The molecule has 1 aromatic rings. The Labute approximate surface area is 138 Å². The molecule has 0 aliphatic heterocycles. The van der Waals surface area contributed by atoms with Crippen molar-refractivity contribution in [2.24, 2.45) is 0 Å². The molecule has 0 aliphatic carbocycles. The van der Waals surface area contributed by atoms with Crippen LogP contribution in [0.5, 0.6) is 0 Å². The van der Waals surface area contributed by atoms with Gasteiger partial charge >= 0.3 is 0 Å². The predicted molar refractivity (Wildman–Crippen MR) is 94.8 cm³/mol. The van der Waals surface area contributed by atoms with Gasteiger partial charge in [-0.1, -0.05) is 72.3 Å². The van der Waals surface area contributed by atoms with Crippen molar-refractivity contribution < 1.29 is 8.42 Å². The molecule has 0 saturated carbocycles. The van der Waals surface area contributed by atoms with Crippen LogP contribution in [0, 0.1) is 6.92 Å². The fourth-order valence-corrected chi connectivity index (χ4v) is 4.36. The molecule has 120 valence electrons. The van der Waals surface area contributed by atoms with Gasteiger partial charge in [0.1, 0.15) is 0 Å². The Bertz CT molecular complexity index is 497. The van der Waals surface area contributed by atoms with Crippen molar-refractivity contribution in [2.75, 3.05) is 11.1 Å². The van der Waals surface area contributed by atoms with Gasteiger partial charge in [-0.15, -0.1) is 0 Å².